The third kappa shape index (κ3) is 3.82. The van der Waals surface area contributed by atoms with Gasteiger partial charge >= 0.3 is 0 Å². The first-order valence-corrected chi connectivity index (χ1v) is 5.97. The lowest BCUT2D eigenvalue weighted by atomic mass is 9.74. The molecule has 0 aromatic carbocycles. The van der Waals surface area contributed by atoms with Gasteiger partial charge in [0.25, 0.3) is 0 Å². The van der Waals surface area contributed by atoms with Crippen LogP contribution < -0.4 is 11.1 Å². The van der Waals surface area contributed by atoms with Gasteiger partial charge in [-0.1, -0.05) is 6.92 Å². The van der Waals surface area contributed by atoms with Crippen molar-refractivity contribution >= 4 is 5.91 Å². The lowest BCUT2D eigenvalue weighted by Crippen LogP contribution is -2.53. The van der Waals surface area contributed by atoms with Crippen molar-refractivity contribution in [2.24, 2.45) is 5.73 Å². The third-order valence-corrected chi connectivity index (χ3v) is 3.39. The summed E-state index contributed by atoms with van der Waals surface area (Å²) >= 11 is 0. The van der Waals surface area contributed by atoms with Gasteiger partial charge in [0.05, 0.1) is 0 Å². The van der Waals surface area contributed by atoms with Crippen LogP contribution in [0.25, 0.3) is 0 Å². The second-order valence-corrected chi connectivity index (χ2v) is 5.52. The summed E-state index contributed by atoms with van der Waals surface area (Å²) in [6.07, 6.45) is 5.87. The molecule has 0 aliphatic heterocycles. The Balaban J connectivity index is 2.29. The van der Waals surface area contributed by atoms with Crippen LogP contribution in [0.4, 0.5) is 0 Å². The van der Waals surface area contributed by atoms with Crippen molar-refractivity contribution in [3.8, 4) is 0 Å². The molecule has 0 spiro atoms. The zero-order chi connectivity index (χ0) is 11.5. The number of rotatable bonds is 5. The van der Waals surface area contributed by atoms with E-state index in [9.17, 15) is 4.79 Å². The van der Waals surface area contributed by atoms with Gasteiger partial charge in [-0.25, -0.2) is 0 Å². The molecule has 1 amide bonds. The van der Waals surface area contributed by atoms with Crippen LogP contribution in [0.2, 0.25) is 0 Å². The van der Waals surface area contributed by atoms with E-state index < -0.39 is 0 Å². The van der Waals surface area contributed by atoms with Crippen molar-refractivity contribution in [3.63, 3.8) is 0 Å². The summed E-state index contributed by atoms with van der Waals surface area (Å²) in [4.78, 5) is 11.7. The molecular weight excluding hydrogens is 188 g/mol. The van der Waals surface area contributed by atoms with E-state index in [0.717, 1.165) is 25.7 Å². The molecule has 1 aliphatic carbocycles. The van der Waals surface area contributed by atoms with Crippen molar-refractivity contribution in [2.45, 2.75) is 70.4 Å². The van der Waals surface area contributed by atoms with Gasteiger partial charge in [0.15, 0.2) is 0 Å². The Morgan fingerprint density at radius 3 is 2.40 bits per heavy atom. The summed E-state index contributed by atoms with van der Waals surface area (Å²) in [6.45, 7) is 6.06. The molecular formula is C12H24N2O. The quantitative estimate of drug-likeness (QED) is 0.732. The summed E-state index contributed by atoms with van der Waals surface area (Å²) in [5, 5.41) is 3.16. The minimum absolute atomic E-state index is 0.121. The lowest BCUT2D eigenvalue weighted by molar-refractivity contribution is -0.124. The highest BCUT2D eigenvalue weighted by atomic mass is 16.1. The van der Waals surface area contributed by atoms with Gasteiger partial charge in [-0.15, -0.1) is 0 Å². The van der Waals surface area contributed by atoms with Crippen LogP contribution in [0.1, 0.15) is 59.3 Å². The SMILES string of the molecule is CCC1(NC(=O)CCC(C)(C)N)CCC1. The lowest BCUT2D eigenvalue weighted by Gasteiger charge is -2.42. The summed E-state index contributed by atoms with van der Waals surface area (Å²) < 4.78 is 0. The van der Waals surface area contributed by atoms with Gasteiger partial charge in [0.1, 0.15) is 0 Å². The van der Waals surface area contributed by atoms with Gasteiger partial charge in [-0.3, -0.25) is 4.79 Å². The summed E-state index contributed by atoms with van der Waals surface area (Å²) in [5.74, 6) is 0.162. The van der Waals surface area contributed by atoms with E-state index in [0.29, 0.717) is 6.42 Å². The molecule has 0 saturated heterocycles. The molecule has 0 aromatic heterocycles. The number of carbonyl (C=O) groups is 1. The van der Waals surface area contributed by atoms with E-state index in [4.69, 9.17) is 5.73 Å². The summed E-state index contributed by atoms with van der Waals surface area (Å²) in [7, 11) is 0. The largest absolute Gasteiger partial charge is 0.351 e. The average molecular weight is 212 g/mol. The predicted molar refractivity (Wildman–Crippen MR) is 62.5 cm³/mol. The minimum Gasteiger partial charge on any atom is -0.351 e. The summed E-state index contributed by atoms with van der Waals surface area (Å²) in [5.41, 5.74) is 5.73. The van der Waals surface area contributed by atoms with Crippen molar-refractivity contribution in [1.29, 1.82) is 0 Å². The van der Waals surface area contributed by atoms with Gasteiger partial charge in [-0.2, -0.15) is 0 Å². The Hall–Kier alpha value is -0.570. The first-order valence-electron chi connectivity index (χ1n) is 5.97. The smallest absolute Gasteiger partial charge is 0.220 e. The van der Waals surface area contributed by atoms with Crippen LogP contribution in [0.15, 0.2) is 0 Å². The molecule has 3 nitrogen and oxygen atoms in total. The Labute approximate surface area is 92.8 Å². The predicted octanol–water partition coefficient (Wildman–Crippen LogP) is 1.95. The number of amides is 1. The van der Waals surface area contributed by atoms with Gasteiger partial charge in [0, 0.05) is 17.5 Å². The van der Waals surface area contributed by atoms with E-state index in [2.05, 4.69) is 12.2 Å². The zero-order valence-electron chi connectivity index (χ0n) is 10.2. The van der Waals surface area contributed by atoms with Gasteiger partial charge in [-0.05, 0) is 46.0 Å². The number of nitrogens with one attached hydrogen (secondary N) is 1. The van der Waals surface area contributed by atoms with Gasteiger partial charge < -0.3 is 11.1 Å². The first kappa shape index (κ1) is 12.5. The number of hydrogen-bond donors (Lipinski definition) is 2. The fraction of sp³-hybridized carbons (Fsp3) is 0.917. The maximum absolute atomic E-state index is 11.7. The Morgan fingerprint density at radius 2 is 2.07 bits per heavy atom. The number of carbonyl (C=O) groups excluding carboxylic acids is 1. The van der Waals surface area contributed by atoms with Crippen LogP contribution in [-0.2, 0) is 4.79 Å². The molecule has 15 heavy (non-hydrogen) atoms. The second-order valence-electron chi connectivity index (χ2n) is 5.52. The van der Waals surface area contributed by atoms with Crippen molar-refractivity contribution in [2.75, 3.05) is 0 Å². The van der Waals surface area contributed by atoms with Crippen LogP contribution in [-0.4, -0.2) is 17.0 Å². The molecule has 0 atom stereocenters. The maximum Gasteiger partial charge on any atom is 0.220 e. The van der Waals surface area contributed by atoms with Crippen LogP contribution in [0.3, 0.4) is 0 Å². The van der Waals surface area contributed by atoms with E-state index >= 15 is 0 Å². The standard InChI is InChI=1S/C12H24N2O/c1-4-12(7-5-8-12)14-10(15)6-9-11(2,3)13/h4-9,13H2,1-3H3,(H,14,15). The number of nitrogens with two attached hydrogens (primary N) is 1. The fourth-order valence-electron chi connectivity index (χ4n) is 1.96. The van der Waals surface area contributed by atoms with Crippen LogP contribution >= 0.6 is 0 Å². The van der Waals surface area contributed by atoms with Crippen molar-refractivity contribution < 1.29 is 4.79 Å². The topological polar surface area (TPSA) is 55.1 Å². The van der Waals surface area contributed by atoms with E-state index in [1.165, 1.54) is 6.42 Å². The molecule has 0 bridgehead atoms. The summed E-state index contributed by atoms with van der Waals surface area (Å²) in [6, 6.07) is 0. The molecule has 1 saturated carbocycles. The van der Waals surface area contributed by atoms with Crippen LogP contribution in [0, 0.1) is 0 Å². The van der Waals surface area contributed by atoms with Crippen molar-refractivity contribution in [3.05, 3.63) is 0 Å². The Kier molecular flexibility index (Phi) is 3.77. The molecule has 1 rings (SSSR count). The Morgan fingerprint density at radius 1 is 1.47 bits per heavy atom. The first-order chi connectivity index (χ1) is 6.87. The molecule has 0 unspecified atom stereocenters. The molecule has 0 aromatic rings. The van der Waals surface area contributed by atoms with E-state index in [1.807, 2.05) is 13.8 Å². The van der Waals surface area contributed by atoms with E-state index in [1.54, 1.807) is 0 Å². The van der Waals surface area contributed by atoms with Gasteiger partial charge in [0.2, 0.25) is 5.91 Å². The highest BCUT2D eigenvalue weighted by Gasteiger charge is 2.36. The highest BCUT2D eigenvalue weighted by molar-refractivity contribution is 5.77. The molecule has 3 N–H and O–H groups in total. The monoisotopic (exact) mass is 212 g/mol. The molecule has 1 aliphatic rings. The van der Waals surface area contributed by atoms with Crippen molar-refractivity contribution in [1.82, 2.24) is 5.32 Å². The number of hydrogen-bond acceptors (Lipinski definition) is 2. The zero-order valence-corrected chi connectivity index (χ0v) is 10.2. The molecule has 0 heterocycles. The maximum atomic E-state index is 11.7. The van der Waals surface area contributed by atoms with Crippen LogP contribution in [0.5, 0.6) is 0 Å². The highest BCUT2D eigenvalue weighted by Crippen LogP contribution is 2.34. The molecule has 1 fully saturated rings. The molecule has 0 radical (unpaired) electrons. The second kappa shape index (κ2) is 4.52. The fourth-order valence-corrected chi connectivity index (χ4v) is 1.96. The minimum atomic E-state index is -0.240. The molecule has 3 heteroatoms. The van der Waals surface area contributed by atoms with E-state index in [-0.39, 0.29) is 17.0 Å². The average Bonchev–Trinajstić information content (AvgIpc) is 2.07. The molecule has 88 valence electrons. The normalized spacial score (nSPS) is 19.5. The third-order valence-electron chi connectivity index (χ3n) is 3.39. The Bertz CT molecular complexity index is 221.